The first-order valence-electron chi connectivity index (χ1n) is 10.9. The van der Waals surface area contributed by atoms with Gasteiger partial charge in [-0.15, -0.1) is 0 Å². The first kappa shape index (κ1) is 19.3. The fourth-order valence-electron chi connectivity index (χ4n) is 4.23. The summed E-state index contributed by atoms with van der Waals surface area (Å²) in [5.74, 6) is 1.54. The van der Waals surface area contributed by atoms with Crippen molar-refractivity contribution in [2.24, 2.45) is 0 Å². The minimum absolute atomic E-state index is 0.0485. The van der Waals surface area contributed by atoms with Crippen molar-refractivity contribution in [3.63, 3.8) is 0 Å². The zero-order valence-corrected chi connectivity index (χ0v) is 17.8. The molecule has 4 heterocycles. The molecular weight excluding hydrogens is 414 g/mol. The summed E-state index contributed by atoms with van der Waals surface area (Å²) >= 11 is 0. The van der Waals surface area contributed by atoms with Gasteiger partial charge in [0.05, 0.1) is 18.5 Å². The van der Waals surface area contributed by atoms with E-state index in [-0.39, 0.29) is 12.5 Å². The zero-order chi connectivity index (χ0) is 22.2. The maximum Gasteiger partial charge on any atom is 0.246 e. The van der Waals surface area contributed by atoms with E-state index in [2.05, 4.69) is 4.90 Å². The smallest absolute Gasteiger partial charge is 0.246 e. The fraction of sp³-hybridized carbons (Fsp3) is 0.115. The number of aromatic nitrogens is 3. The molecule has 162 valence electrons. The monoisotopic (exact) mass is 435 g/mol. The van der Waals surface area contributed by atoms with E-state index in [9.17, 15) is 4.79 Å². The van der Waals surface area contributed by atoms with Gasteiger partial charge in [-0.2, -0.15) is 9.61 Å². The lowest BCUT2D eigenvalue weighted by molar-refractivity contribution is -0.117. The van der Waals surface area contributed by atoms with Crippen molar-refractivity contribution < 1.29 is 9.21 Å². The molecular formula is C26H21N5O2. The van der Waals surface area contributed by atoms with Crippen LogP contribution in [0.25, 0.3) is 28.4 Å². The Labute approximate surface area is 190 Å². The average molecular weight is 435 g/mol. The third-order valence-electron chi connectivity index (χ3n) is 5.86. The molecule has 0 aliphatic carbocycles. The van der Waals surface area contributed by atoms with Crippen molar-refractivity contribution in [1.29, 1.82) is 0 Å². The highest BCUT2D eigenvalue weighted by Crippen LogP contribution is 2.29. The SMILES string of the molecule is O=C1CN(c2cc(-c3ccco3)nc3cc(-c4ccccc4)nn23)CCN1c1ccccc1. The molecule has 1 saturated heterocycles. The average Bonchev–Trinajstić information content (AvgIpc) is 3.55. The summed E-state index contributed by atoms with van der Waals surface area (Å²) < 4.78 is 7.43. The molecule has 0 spiro atoms. The Kier molecular flexibility index (Phi) is 4.65. The molecule has 5 aromatic rings. The second-order valence-corrected chi connectivity index (χ2v) is 7.94. The lowest BCUT2D eigenvalue weighted by Gasteiger charge is -2.35. The third kappa shape index (κ3) is 3.53. The molecule has 0 unspecified atom stereocenters. The van der Waals surface area contributed by atoms with Crippen LogP contribution in [0.4, 0.5) is 11.5 Å². The highest BCUT2D eigenvalue weighted by Gasteiger charge is 2.27. The molecule has 0 N–H and O–H groups in total. The van der Waals surface area contributed by atoms with Crippen LogP contribution in [0.15, 0.2) is 95.6 Å². The van der Waals surface area contributed by atoms with Gasteiger partial charge in [0.15, 0.2) is 11.4 Å². The second-order valence-electron chi connectivity index (χ2n) is 7.94. The van der Waals surface area contributed by atoms with Crippen molar-refractivity contribution >= 4 is 23.1 Å². The minimum atomic E-state index is 0.0485. The number of carbonyl (C=O) groups excluding carboxylic acids is 1. The topological polar surface area (TPSA) is 66.9 Å². The van der Waals surface area contributed by atoms with E-state index in [0.717, 1.165) is 22.8 Å². The highest BCUT2D eigenvalue weighted by molar-refractivity contribution is 5.97. The molecule has 1 fully saturated rings. The first-order chi connectivity index (χ1) is 16.3. The highest BCUT2D eigenvalue weighted by atomic mass is 16.3. The number of rotatable bonds is 4. The quantitative estimate of drug-likeness (QED) is 0.416. The van der Waals surface area contributed by atoms with Gasteiger partial charge in [-0.05, 0) is 24.3 Å². The number of nitrogens with zero attached hydrogens (tertiary/aromatic N) is 5. The number of fused-ring (bicyclic) bond motifs is 1. The van der Waals surface area contributed by atoms with Gasteiger partial charge >= 0.3 is 0 Å². The standard InChI is InChI=1S/C26H21N5O2/c32-26-18-29(13-14-30(26)20-10-5-2-6-11-20)25-17-22(23-12-7-15-33-23)27-24-16-21(28-31(24)25)19-8-3-1-4-9-19/h1-12,15-17H,13-14,18H2. The molecule has 1 aliphatic heterocycles. The van der Waals surface area contributed by atoms with Gasteiger partial charge in [0.1, 0.15) is 11.5 Å². The number of piperazine rings is 1. The predicted octanol–water partition coefficient (Wildman–Crippen LogP) is 4.51. The molecule has 7 heteroatoms. The summed E-state index contributed by atoms with van der Waals surface area (Å²) in [5, 5.41) is 4.84. The predicted molar refractivity (Wildman–Crippen MR) is 127 cm³/mol. The number of furan rings is 1. The van der Waals surface area contributed by atoms with E-state index >= 15 is 0 Å². The minimum Gasteiger partial charge on any atom is -0.463 e. The Morgan fingerprint density at radius 2 is 1.61 bits per heavy atom. The van der Waals surface area contributed by atoms with E-state index in [1.807, 2.05) is 94.3 Å². The molecule has 0 bridgehead atoms. The van der Waals surface area contributed by atoms with Crippen molar-refractivity contribution in [2.45, 2.75) is 0 Å². The molecule has 6 rings (SSSR count). The van der Waals surface area contributed by atoms with E-state index in [1.165, 1.54) is 0 Å². The van der Waals surface area contributed by atoms with Gasteiger partial charge in [-0.3, -0.25) is 4.79 Å². The maximum atomic E-state index is 13.1. The zero-order valence-electron chi connectivity index (χ0n) is 17.8. The van der Waals surface area contributed by atoms with Crippen molar-refractivity contribution in [2.75, 3.05) is 29.4 Å². The largest absolute Gasteiger partial charge is 0.463 e. The summed E-state index contributed by atoms with van der Waals surface area (Å²) in [7, 11) is 0. The van der Waals surface area contributed by atoms with Gasteiger partial charge in [0.2, 0.25) is 5.91 Å². The van der Waals surface area contributed by atoms with Gasteiger partial charge < -0.3 is 14.2 Å². The first-order valence-corrected chi connectivity index (χ1v) is 10.9. The Morgan fingerprint density at radius 3 is 2.33 bits per heavy atom. The van der Waals surface area contributed by atoms with Crippen LogP contribution in [-0.2, 0) is 4.79 Å². The second kappa shape index (κ2) is 7.94. The number of carbonyl (C=O) groups is 1. The van der Waals surface area contributed by atoms with E-state index in [4.69, 9.17) is 14.5 Å². The Bertz CT molecular complexity index is 1410. The van der Waals surface area contributed by atoms with Crippen LogP contribution in [-0.4, -0.2) is 40.1 Å². The van der Waals surface area contributed by atoms with Crippen LogP contribution in [0.3, 0.4) is 0 Å². The molecule has 0 atom stereocenters. The molecule has 1 amide bonds. The molecule has 2 aromatic carbocycles. The van der Waals surface area contributed by atoms with Gasteiger partial charge in [-0.25, -0.2) is 4.98 Å². The van der Waals surface area contributed by atoms with Gasteiger partial charge in [0, 0.05) is 36.5 Å². The van der Waals surface area contributed by atoms with Crippen LogP contribution in [0.1, 0.15) is 0 Å². The van der Waals surface area contributed by atoms with E-state index < -0.39 is 0 Å². The molecule has 0 saturated carbocycles. The van der Waals surface area contributed by atoms with E-state index in [0.29, 0.717) is 30.2 Å². The molecule has 1 aliphatic rings. The maximum absolute atomic E-state index is 13.1. The fourth-order valence-corrected chi connectivity index (χ4v) is 4.23. The summed E-state index contributed by atoms with van der Waals surface area (Å²) in [4.78, 5) is 21.8. The van der Waals surface area contributed by atoms with Gasteiger partial charge in [0.25, 0.3) is 0 Å². The van der Waals surface area contributed by atoms with E-state index in [1.54, 1.807) is 6.26 Å². The lowest BCUT2D eigenvalue weighted by Crippen LogP contribution is -2.51. The van der Waals surface area contributed by atoms with Crippen LogP contribution < -0.4 is 9.80 Å². The Hall–Kier alpha value is -4.39. The Balaban J connectivity index is 1.42. The van der Waals surface area contributed by atoms with Crippen molar-refractivity contribution in [3.8, 4) is 22.7 Å². The van der Waals surface area contributed by atoms with Crippen LogP contribution >= 0.6 is 0 Å². The molecule has 33 heavy (non-hydrogen) atoms. The summed E-state index contributed by atoms with van der Waals surface area (Å²) in [6.45, 7) is 1.53. The number of hydrogen-bond donors (Lipinski definition) is 0. The lowest BCUT2D eigenvalue weighted by atomic mass is 10.2. The number of benzene rings is 2. The summed E-state index contributed by atoms with van der Waals surface area (Å²) in [6.07, 6.45) is 1.63. The van der Waals surface area contributed by atoms with Crippen LogP contribution in [0, 0.1) is 0 Å². The van der Waals surface area contributed by atoms with Crippen molar-refractivity contribution in [3.05, 3.63) is 91.2 Å². The molecule has 0 radical (unpaired) electrons. The normalized spacial score (nSPS) is 14.2. The Morgan fingerprint density at radius 1 is 0.818 bits per heavy atom. The third-order valence-corrected chi connectivity index (χ3v) is 5.86. The van der Waals surface area contributed by atoms with Crippen LogP contribution in [0.5, 0.6) is 0 Å². The summed E-state index contributed by atoms with van der Waals surface area (Å²) in [6, 6.07) is 27.4. The number of hydrogen-bond acceptors (Lipinski definition) is 5. The van der Waals surface area contributed by atoms with Crippen LogP contribution in [0.2, 0.25) is 0 Å². The molecule has 7 nitrogen and oxygen atoms in total. The molecule has 3 aromatic heterocycles. The number of para-hydroxylation sites is 1. The van der Waals surface area contributed by atoms with Gasteiger partial charge in [-0.1, -0.05) is 48.5 Å². The number of amides is 1. The van der Waals surface area contributed by atoms with Crippen molar-refractivity contribution in [1.82, 2.24) is 14.6 Å². The summed E-state index contributed by atoms with van der Waals surface area (Å²) in [5.41, 5.74) is 4.17. The number of anilines is 2.